The van der Waals surface area contributed by atoms with Gasteiger partial charge < -0.3 is 14.3 Å². The van der Waals surface area contributed by atoms with Crippen molar-refractivity contribution < 1.29 is 9.21 Å². The highest BCUT2D eigenvalue weighted by molar-refractivity contribution is 5.90. The molecule has 1 N–H and O–H groups in total. The fraction of sp³-hybridized carbons (Fsp3) is 0.174. The molecule has 6 rings (SSSR count). The van der Waals surface area contributed by atoms with Crippen molar-refractivity contribution in [1.82, 2.24) is 14.5 Å². The van der Waals surface area contributed by atoms with Gasteiger partial charge in [-0.1, -0.05) is 24.3 Å². The lowest BCUT2D eigenvalue weighted by atomic mass is 9.77. The molecule has 0 amide bonds. The number of imidazole rings is 1. The Morgan fingerprint density at radius 2 is 2.03 bits per heavy atom. The molecule has 0 bridgehead atoms. The molecule has 142 valence electrons. The number of para-hydroxylation sites is 2. The number of aromatic nitrogens is 3. The molecule has 0 saturated carbocycles. The van der Waals surface area contributed by atoms with Crippen LogP contribution in [0.1, 0.15) is 29.7 Å². The van der Waals surface area contributed by atoms with Crippen LogP contribution in [-0.2, 0) is 4.79 Å². The molecule has 4 aromatic rings. The van der Waals surface area contributed by atoms with Gasteiger partial charge in [0.15, 0.2) is 0 Å². The van der Waals surface area contributed by atoms with Crippen LogP contribution in [0.25, 0.3) is 11.0 Å². The highest BCUT2D eigenvalue weighted by atomic mass is 16.3. The zero-order valence-electron chi connectivity index (χ0n) is 15.5. The van der Waals surface area contributed by atoms with Gasteiger partial charge in [-0.15, -0.1) is 0 Å². The van der Waals surface area contributed by atoms with Crippen molar-refractivity contribution >= 4 is 22.8 Å². The number of furan rings is 1. The molecule has 0 fully saturated rings. The van der Waals surface area contributed by atoms with Crippen LogP contribution in [0.3, 0.4) is 0 Å². The molecule has 1 aliphatic carbocycles. The van der Waals surface area contributed by atoms with E-state index < -0.39 is 0 Å². The minimum atomic E-state index is -0.310. The number of rotatable bonds is 2. The fourth-order valence-electron chi connectivity index (χ4n) is 4.63. The maximum atomic E-state index is 13.4. The van der Waals surface area contributed by atoms with Crippen molar-refractivity contribution in [2.75, 3.05) is 5.32 Å². The summed E-state index contributed by atoms with van der Waals surface area (Å²) in [5.74, 6) is 1.37. The smallest absolute Gasteiger partial charge is 0.208 e. The lowest BCUT2D eigenvalue weighted by Crippen LogP contribution is -2.39. The highest BCUT2D eigenvalue weighted by Gasteiger charge is 2.43. The SMILES string of the molecule is O=C1C[C@H](c2ccco2)C=C2Nc3nc4ccccc4n3[C@@H](c3cccnc3)[C@H]12. The number of nitrogens with one attached hydrogen (secondary N) is 1. The van der Waals surface area contributed by atoms with Crippen LogP contribution in [0, 0.1) is 5.92 Å². The normalized spacial score (nSPS) is 23.2. The number of pyridine rings is 1. The lowest BCUT2D eigenvalue weighted by Gasteiger charge is -2.38. The zero-order valence-corrected chi connectivity index (χ0v) is 15.5. The standard InChI is InChI=1S/C23H18N4O2/c28-19-12-15(20-8-4-10-29-20)11-17-21(19)22(14-5-3-9-24-13-14)27-18-7-2-1-6-16(18)25-23(27)26-17/h1-11,13,15,21-22H,12H2,(H,25,26)/t15-,21+,22+/m1/s1. The number of fused-ring (bicyclic) bond motifs is 4. The van der Waals surface area contributed by atoms with E-state index in [1.165, 1.54) is 0 Å². The minimum Gasteiger partial charge on any atom is -0.469 e. The van der Waals surface area contributed by atoms with Crippen LogP contribution in [0.2, 0.25) is 0 Å². The quantitative estimate of drug-likeness (QED) is 0.560. The fourth-order valence-corrected chi connectivity index (χ4v) is 4.63. The van der Waals surface area contributed by atoms with E-state index in [9.17, 15) is 4.79 Å². The molecule has 6 nitrogen and oxygen atoms in total. The van der Waals surface area contributed by atoms with E-state index in [4.69, 9.17) is 9.40 Å². The first-order valence-corrected chi connectivity index (χ1v) is 9.71. The number of anilines is 1. The van der Waals surface area contributed by atoms with Crippen molar-refractivity contribution in [3.63, 3.8) is 0 Å². The highest BCUT2D eigenvalue weighted by Crippen LogP contribution is 2.46. The van der Waals surface area contributed by atoms with Gasteiger partial charge >= 0.3 is 0 Å². The summed E-state index contributed by atoms with van der Waals surface area (Å²) in [5, 5.41) is 3.44. The van der Waals surface area contributed by atoms with Crippen LogP contribution in [0.4, 0.5) is 5.95 Å². The number of nitrogens with zero attached hydrogens (tertiary/aromatic N) is 3. The molecule has 29 heavy (non-hydrogen) atoms. The molecule has 1 aromatic carbocycles. The van der Waals surface area contributed by atoms with Gasteiger partial charge in [-0.3, -0.25) is 9.78 Å². The van der Waals surface area contributed by atoms with E-state index in [2.05, 4.69) is 20.9 Å². The Kier molecular flexibility index (Phi) is 3.47. The number of ketones is 1. The van der Waals surface area contributed by atoms with E-state index in [-0.39, 0.29) is 23.7 Å². The van der Waals surface area contributed by atoms with Gasteiger partial charge in [0.1, 0.15) is 11.5 Å². The van der Waals surface area contributed by atoms with Crippen LogP contribution >= 0.6 is 0 Å². The summed E-state index contributed by atoms with van der Waals surface area (Å²) in [6.07, 6.45) is 7.79. The van der Waals surface area contributed by atoms with Crippen LogP contribution < -0.4 is 5.32 Å². The van der Waals surface area contributed by atoms with Gasteiger partial charge in [-0.05, 0) is 35.9 Å². The van der Waals surface area contributed by atoms with Crippen molar-refractivity contribution in [3.05, 3.63) is 90.3 Å². The van der Waals surface area contributed by atoms with E-state index in [0.717, 1.165) is 34.0 Å². The Balaban J connectivity index is 1.58. The second-order valence-electron chi connectivity index (χ2n) is 7.54. The predicted molar refractivity (Wildman–Crippen MR) is 108 cm³/mol. The molecule has 2 aliphatic rings. The number of benzene rings is 1. The lowest BCUT2D eigenvalue weighted by molar-refractivity contribution is -0.123. The first-order chi connectivity index (χ1) is 14.3. The molecule has 0 unspecified atom stereocenters. The number of hydrogen-bond donors (Lipinski definition) is 1. The number of allylic oxidation sites excluding steroid dienone is 2. The van der Waals surface area contributed by atoms with Crippen molar-refractivity contribution in [3.8, 4) is 0 Å². The van der Waals surface area contributed by atoms with Gasteiger partial charge in [-0.2, -0.15) is 0 Å². The Morgan fingerprint density at radius 1 is 1.10 bits per heavy atom. The Morgan fingerprint density at radius 3 is 2.86 bits per heavy atom. The zero-order chi connectivity index (χ0) is 19.4. The molecule has 0 radical (unpaired) electrons. The third-order valence-electron chi connectivity index (χ3n) is 5.86. The Labute approximate surface area is 166 Å². The number of carbonyl (C=O) groups excluding carboxylic acids is 1. The monoisotopic (exact) mass is 382 g/mol. The third-order valence-corrected chi connectivity index (χ3v) is 5.86. The van der Waals surface area contributed by atoms with Gasteiger partial charge in [0.25, 0.3) is 0 Å². The summed E-state index contributed by atoms with van der Waals surface area (Å²) in [4.78, 5) is 22.5. The van der Waals surface area contributed by atoms with E-state index in [0.29, 0.717) is 6.42 Å². The average Bonchev–Trinajstić information content (AvgIpc) is 3.40. The first kappa shape index (κ1) is 16.3. The summed E-state index contributed by atoms with van der Waals surface area (Å²) in [6.45, 7) is 0. The second-order valence-corrected chi connectivity index (χ2v) is 7.54. The van der Waals surface area contributed by atoms with Crippen LogP contribution in [0.15, 0.2) is 83.4 Å². The number of hydrogen-bond acceptors (Lipinski definition) is 5. The summed E-state index contributed by atoms with van der Waals surface area (Å²) in [7, 11) is 0. The van der Waals surface area contributed by atoms with E-state index in [1.807, 2.05) is 54.7 Å². The average molecular weight is 382 g/mol. The Hall–Kier alpha value is -3.67. The van der Waals surface area contributed by atoms with Crippen molar-refractivity contribution in [1.29, 1.82) is 0 Å². The molecule has 3 aromatic heterocycles. The molecule has 0 spiro atoms. The topological polar surface area (TPSA) is 73.0 Å². The molecule has 3 atom stereocenters. The molecule has 1 aliphatic heterocycles. The molecule has 4 heterocycles. The second kappa shape index (κ2) is 6.17. The summed E-state index contributed by atoms with van der Waals surface area (Å²) < 4.78 is 7.71. The Bertz CT molecular complexity index is 1240. The van der Waals surface area contributed by atoms with Gasteiger partial charge in [-0.25, -0.2) is 4.98 Å². The minimum absolute atomic E-state index is 0.0678. The van der Waals surface area contributed by atoms with Crippen LogP contribution in [0.5, 0.6) is 0 Å². The van der Waals surface area contributed by atoms with Crippen molar-refractivity contribution in [2.24, 2.45) is 5.92 Å². The number of carbonyl (C=O) groups is 1. The molecular weight excluding hydrogens is 364 g/mol. The number of Topliss-reactive ketones (excluding diaryl/α,β-unsaturated/α-hetero) is 1. The largest absolute Gasteiger partial charge is 0.469 e. The third kappa shape index (κ3) is 2.45. The molecule has 6 heteroatoms. The maximum Gasteiger partial charge on any atom is 0.208 e. The van der Waals surface area contributed by atoms with Gasteiger partial charge in [0, 0.05) is 30.4 Å². The van der Waals surface area contributed by atoms with Crippen molar-refractivity contribution in [2.45, 2.75) is 18.4 Å². The first-order valence-electron chi connectivity index (χ1n) is 9.71. The van der Waals surface area contributed by atoms with Gasteiger partial charge in [0.2, 0.25) is 5.95 Å². The summed E-state index contributed by atoms with van der Waals surface area (Å²) in [6, 6.07) is 15.6. The van der Waals surface area contributed by atoms with Crippen LogP contribution in [-0.4, -0.2) is 20.3 Å². The maximum absolute atomic E-state index is 13.4. The summed E-state index contributed by atoms with van der Waals surface area (Å²) >= 11 is 0. The van der Waals surface area contributed by atoms with E-state index in [1.54, 1.807) is 12.5 Å². The van der Waals surface area contributed by atoms with Gasteiger partial charge in [0.05, 0.1) is 29.3 Å². The summed E-state index contributed by atoms with van der Waals surface area (Å²) in [5.41, 5.74) is 3.79. The molecular formula is C23H18N4O2. The molecule has 0 saturated heterocycles. The van der Waals surface area contributed by atoms with E-state index >= 15 is 0 Å². The predicted octanol–water partition coefficient (Wildman–Crippen LogP) is 4.30.